The maximum absolute atomic E-state index is 12.2. The van der Waals surface area contributed by atoms with E-state index in [1.165, 1.54) is 13.2 Å². The Labute approximate surface area is 141 Å². The maximum atomic E-state index is 12.2. The van der Waals surface area contributed by atoms with Crippen LogP contribution >= 0.6 is 15.9 Å². The van der Waals surface area contributed by atoms with Crippen molar-refractivity contribution in [2.75, 3.05) is 13.7 Å². The van der Waals surface area contributed by atoms with Gasteiger partial charge in [-0.2, -0.15) is 0 Å². The van der Waals surface area contributed by atoms with Gasteiger partial charge in [-0.1, -0.05) is 12.1 Å². The number of benzene rings is 2. The van der Waals surface area contributed by atoms with Gasteiger partial charge >= 0.3 is 5.97 Å². The van der Waals surface area contributed by atoms with Crippen LogP contribution in [0.3, 0.4) is 0 Å². The van der Waals surface area contributed by atoms with E-state index in [-0.39, 0.29) is 23.4 Å². The lowest BCUT2D eigenvalue weighted by Crippen LogP contribution is -2.08. The van der Waals surface area contributed by atoms with Crippen molar-refractivity contribution in [3.05, 3.63) is 56.5 Å². The van der Waals surface area contributed by atoms with Crippen LogP contribution in [-0.4, -0.2) is 24.6 Å². The molecule has 0 aliphatic rings. The van der Waals surface area contributed by atoms with Crippen LogP contribution in [0.15, 0.2) is 40.9 Å². The summed E-state index contributed by atoms with van der Waals surface area (Å²) in [6.07, 6.45) is 0. The Morgan fingerprint density at radius 1 is 1.22 bits per heavy atom. The third kappa shape index (κ3) is 3.34. The van der Waals surface area contributed by atoms with E-state index in [2.05, 4.69) is 15.9 Å². The third-order valence-corrected chi connectivity index (χ3v) is 3.84. The summed E-state index contributed by atoms with van der Waals surface area (Å²) in [4.78, 5) is 23.1. The van der Waals surface area contributed by atoms with E-state index in [0.717, 1.165) is 0 Å². The molecule has 7 heteroatoms. The molecule has 0 amide bonds. The molecule has 0 radical (unpaired) electrons. The number of carbonyl (C=O) groups is 1. The van der Waals surface area contributed by atoms with Crippen molar-refractivity contribution in [1.82, 2.24) is 0 Å². The molecule has 0 saturated carbocycles. The molecule has 0 heterocycles. The third-order valence-electron chi connectivity index (χ3n) is 3.18. The molecule has 0 spiro atoms. The summed E-state index contributed by atoms with van der Waals surface area (Å²) in [5.41, 5.74) is 0.682. The van der Waals surface area contributed by atoms with Crippen LogP contribution in [0.25, 0.3) is 11.1 Å². The molecule has 0 aromatic heterocycles. The van der Waals surface area contributed by atoms with Crippen molar-refractivity contribution < 1.29 is 19.2 Å². The number of carbonyl (C=O) groups excluding carboxylic acids is 1. The average molecular weight is 380 g/mol. The molecule has 0 aliphatic carbocycles. The number of rotatable bonds is 5. The number of hydrogen-bond acceptors (Lipinski definition) is 5. The molecular weight excluding hydrogens is 366 g/mol. The molecule has 23 heavy (non-hydrogen) atoms. The lowest BCUT2D eigenvalue weighted by atomic mass is 9.97. The van der Waals surface area contributed by atoms with Gasteiger partial charge in [0.1, 0.15) is 5.75 Å². The highest BCUT2D eigenvalue weighted by atomic mass is 79.9. The van der Waals surface area contributed by atoms with Gasteiger partial charge in [0, 0.05) is 16.1 Å². The number of nitro benzene ring substituents is 1. The van der Waals surface area contributed by atoms with E-state index in [1.807, 2.05) is 0 Å². The standard InChI is InChI=1S/C16H14BrNO5/c1-3-23-16(19)10-6-4-9-13(22-2)14(10)15-11(17)7-5-8-12(15)18(20)21/h4-9H,3H2,1-2H3. The summed E-state index contributed by atoms with van der Waals surface area (Å²) in [7, 11) is 1.44. The molecule has 2 aromatic carbocycles. The van der Waals surface area contributed by atoms with Crippen molar-refractivity contribution in [1.29, 1.82) is 0 Å². The second kappa shape index (κ2) is 7.23. The van der Waals surface area contributed by atoms with Crippen LogP contribution in [0.4, 0.5) is 5.69 Å². The first kappa shape index (κ1) is 17.0. The zero-order valence-electron chi connectivity index (χ0n) is 12.5. The smallest absolute Gasteiger partial charge is 0.338 e. The van der Waals surface area contributed by atoms with Gasteiger partial charge < -0.3 is 9.47 Å². The number of nitrogens with zero attached hydrogens (tertiary/aromatic N) is 1. The normalized spacial score (nSPS) is 10.2. The van der Waals surface area contributed by atoms with Crippen LogP contribution in [0.5, 0.6) is 5.75 Å². The Kier molecular flexibility index (Phi) is 5.33. The minimum Gasteiger partial charge on any atom is -0.496 e. The van der Waals surface area contributed by atoms with Crippen molar-refractivity contribution in [3.63, 3.8) is 0 Å². The molecule has 2 rings (SSSR count). The monoisotopic (exact) mass is 379 g/mol. The van der Waals surface area contributed by atoms with Gasteiger partial charge in [-0.05, 0) is 41.1 Å². The molecule has 120 valence electrons. The Hall–Kier alpha value is -2.41. The Balaban J connectivity index is 2.82. The fourth-order valence-electron chi connectivity index (χ4n) is 2.25. The van der Waals surface area contributed by atoms with E-state index < -0.39 is 10.9 Å². The van der Waals surface area contributed by atoms with Crippen molar-refractivity contribution in [2.45, 2.75) is 6.92 Å². The molecule has 6 nitrogen and oxygen atoms in total. The molecule has 0 atom stereocenters. The van der Waals surface area contributed by atoms with Crippen LogP contribution in [0, 0.1) is 10.1 Å². The summed E-state index contributed by atoms with van der Waals surface area (Å²) in [6.45, 7) is 1.90. The predicted octanol–water partition coefficient (Wildman–Crippen LogP) is 4.21. The number of halogens is 1. The summed E-state index contributed by atoms with van der Waals surface area (Å²) in [5.74, 6) is -0.211. The summed E-state index contributed by atoms with van der Waals surface area (Å²) in [6, 6.07) is 9.44. The fourth-order valence-corrected chi connectivity index (χ4v) is 2.80. The quantitative estimate of drug-likeness (QED) is 0.441. The fraction of sp³-hybridized carbons (Fsp3) is 0.188. The van der Waals surface area contributed by atoms with Crippen LogP contribution in [0.2, 0.25) is 0 Å². The number of hydrogen-bond donors (Lipinski definition) is 0. The molecule has 0 saturated heterocycles. The van der Waals surface area contributed by atoms with E-state index in [0.29, 0.717) is 15.8 Å². The van der Waals surface area contributed by atoms with E-state index in [9.17, 15) is 14.9 Å². The first-order valence-corrected chi connectivity index (χ1v) is 7.58. The average Bonchev–Trinajstić information content (AvgIpc) is 2.54. The topological polar surface area (TPSA) is 78.7 Å². The Morgan fingerprint density at radius 3 is 2.52 bits per heavy atom. The van der Waals surface area contributed by atoms with E-state index in [4.69, 9.17) is 9.47 Å². The minimum absolute atomic E-state index is 0.130. The lowest BCUT2D eigenvalue weighted by Gasteiger charge is -2.14. The minimum atomic E-state index is -0.563. The number of esters is 1. The number of nitro groups is 1. The predicted molar refractivity (Wildman–Crippen MR) is 88.7 cm³/mol. The van der Waals surface area contributed by atoms with Crippen molar-refractivity contribution in [2.24, 2.45) is 0 Å². The molecule has 0 fully saturated rings. The molecule has 0 N–H and O–H groups in total. The van der Waals surface area contributed by atoms with Gasteiger partial charge in [-0.25, -0.2) is 4.79 Å². The first-order valence-electron chi connectivity index (χ1n) is 6.78. The molecule has 0 unspecified atom stereocenters. The SMILES string of the molecule is CCOC(=O)c1cccc(OC)c1-c1c(Br)cccc1[N+](=O)[O-]. The van der Waals surface area contributed by atoms with E-state index >= 15 is 0 Å². The van der Waals surface area contributed by atoms with Crippen LogP contribution < -0.4 is 4.74 Å². The van der Waals surface area contributed by atoms with E-state index in [1.54, 1.807) is 37.3 Å². The molecule has 0 bridgehead atoms. The van der Waals surface area contributed by atoms with Crippen LogP contribution in [-0.2, 0) is 4.74 Å². The van der Waals surface area contributed by atoms with Crippen LogP contribution in [0.1, 0.15) is 17.3 Å². The second-order valence-corrected chi connectivity index (χ2v) is 5.35. The summed E-state index contributed by atoms with van der Waals surface area (Å²) in [5, 5.41) is 11.4. The van der Waals surface area contributed by atoms with Gasteiger partial charge in [-0.3, -0.25) is 10.1 Å². The lowest BCUT2D eigenvalue weighted by molar-refractivity contribution is -0.384. The Bertz CT molecular complexity index is 760. The number of methoxy groups -OCH3 is 1. The summed E-state index contributed by atoms with van der Waals surface area (Å²) >= 11 is 3.33. The number of ether oxygens (including phenoxy) is 2. The molecule has 2 aromatic rings. The van der Waals surface area contributed by atoms with Crippen molar-refractivity contribution >= 4 is 27.6 Å². The zero-order valence-corrected chi connectivity index (χ0v) is 14.1. The van der Waals surface area contributed by atoms with Crippen molar-refractivity contribution in [3.8, 4) is 16.9 Å². The molecule has 0 aliphatic heterocycles. The zero-order chi connectivity index (χ0) is 17.0. The summed E-state index contributed by atoms with van der Waals surface area (Å²) < 4.78 is 10.8. The largest absolute Gasteiger partial charge is 0.496 e. The molecular formula is C16H14BrNO5. The van der Waals surface area contributed by atoms with Gasteiger partial charge in [-0.15, -0.1) is 0 Å². The van der Waals surface area contributed by atoms with Gasteiger partial charge in [0.2, 0.25) is 0 Å². The highest BCUT2D eigenvalue weighted by Crippen LogP contribution is 2.43. The first-order chi connectivity index (χ1) is 11.0. The highest BCUT2D eigenvalue weighted by Gasteiger charge is 2.26. The van der Waals surface area contributed by atoms with Gasteiger partial charge in [0.25, 0.3) is 5.69 Å². The van der Waals surface area contributed by atoms with Gasteiger partial charge in [0.05, 0.1) is 29.8 Å². The second-order valence-electron chi connectivity index (χ2n) is 4.49. The highest BCUT2D eigenvalue weighted by molar-refractivity contribution is 9.10. The Morgan fingerprint density at radius 2 is 1.91 bits per heavy atom. The van der Waals surface area contributed by atoms with Gasteiger partial charge in [0.15, 0.2) is 0 Å². The maximum Gasteiger partial charge on any atom is 0.338 e.